The summed E-state index contributed by atoms with van der Waals surface area (Å²) in [5.41, 5.74) is -1.57. The Kier molecular flexibility index (Phi) is 1.86. The van der Waals surface area contributed by atoms with E-state index in [1.54, 1.807) is 0 Å². The summed E-state index contributed by atoms with van der Waals surface area (Å²) in [7, 11) is 1.34. The molecule has 0 amide bonds. The summed E-state index contributed by atoms with van der Waals surface area (Å²) in [5.74, 6) is 0. The molecule has 0 saturated heterocycles. The van der Waals surface area contributed by atoms with Gasteiger partial charge in [0.05, 0.1) is 18.8 Å². The Labute approximate surface area is 62.8 Å². The van der Waals surface area contributed by atoms with E-state index in [-0.39, 0.29) is 12.8 Å². The second-order valence-electron chi connectivity index (χ2n) is 2.69. The van der Waals surface area contributed by atoms with E-state index < -0.39 is 11.6 Å². The maximum absolute atomic E-state index is 12.1. The van der Waals surface area contributed by atoms with Crippen molar-refractivity contribution >= 4 is 0 Å². The minimum atomic E-state index is -4.11. The number of rotatable bonds is 2. The quantitative estimate of drug-likeness (QED) is 0.572. The first-order valence-corrected chi connectivity index (χ1v) is 3.29. The molecule has 0 aliphatic heterocycles. The highest BCUT2D eigenvalue weighted by atomic mass is 19.4. The average molecular weight is 166 g/mol. The lowest BCUT2D eigenvalue weighted by molar-refractivity contribution is -0.172. The molecule has 1 nitrogen and oxygen atoms in total. The Balaban J connectivity index is 2.61. The fourth-order valence-electron chi connectivity index (χ4n) is 0.878. The third-order valence-electron chi connectivity index (χ3n) is 1.88. The van der Waals surface area contributed by atoms with Gasteiger partial charge in [0.2, 0.25) is 0 Å². The molecule has 64 valence electrons. The molecule has 1 aliphatic carbocycles. The van der Waals surface area contributed by atoms with Gasteiger partial charge in [-0.3, -0.25) is 0 Å². The summed E-state index contributed by atoms with van der Waals surface area (Å²) in [4.78, 5) is 0. The Morgan fingerprint density at radius 2 is 1.91 bits per heavy atom. The van der Waals surface area contributed by atoms with Crippen molar-refractivity contribution in [3.8, 4) is 0 Å². The zero-order chi connectivity index (χ0) is 8.54. The molecule has 0 unspecified atom stereocenters. The lowest BCUT2D eigenvalue weighted by atomic mass is 10.1. The molecule has 0 N–H and O–H groups in total. The summed E-state index contributed by atoms with van der Waals surface area (Å²) in [6.45, 7) is 0. The zero-order valence-corrected chi connectivity index (χ0v) is 6.11. The van der Waals surface area contributed by atoms with Gasteiger partial charge in [0.1, 0.15) is 0 Å². The van der Waals surface area contributed by atoms with Gasteiger partial charge in [-0.15, -0.1) is 0 Å². The predicted octanol–water partition coefficient (Wildman–Crippen LogP) is 2.49. The van der Waals surface area contributed by atoms with Crippen molar-refractivity contribution in [2.75, 3.05) is 7.11 Å². The fraction of sp³-hybridized carbons (Fsp3) is 0.714. The number of hydrogen-bond acceptors (Lipinski definition) is 1. The van der Waals surface area contributed by atoms with Crippen molar-refractivity contribution in [3.63, 3.8) is 0 Å². The van der Waals surface area contributed by atoms with E-state index in [0.29, 0.717) is 0 Å². The third kappa shape index (κ3) is 1.49. The van der Waals surface area contributed by atoms with Gasteiger partial charge in [0.25, 0.3) is 0 Å². The highest BCUT2D eigenvalue weighted by Crippen LogP contribution is 2.58. The van der Waals surface area contributed by atoms with Crippen LogP contribution in [0.2, 0.25) is 0 Å². The minimum absolute atomic E-state index is 0.191. The summed E-state index contributed by atoms with van der Waals surface area (Å²) < 4.78 is 40.8. The zero-order valence-electron chi connectivity index (χ0n) is 6.11. The smallest absolute Gasteiger partial charge is 0.397 e. The highest BCUT2D eigenvalue weighted by Gasteiger charge is 2.61. The van der Waals surface area contributed by atoms with Crippen molar-refractivity contribution in [1.82, 2.24) is 0 Å². The van der Waals surface area contributed by atoms with Crippen LogP contribution in [0.1, 0.15) is 12.8 Å². The normalized spacial score (nSPS) is 22.2. The molecule has 0 heterocycles. The number of ether oxygens (including phenoxy) is 1. The van der Waals surface area contributed by atoms with Crippen LogP contribution in [0.5, 0.6) is 0 Å². The molecule has 1 saturated carbocycles. The van der Waals surface area contributed by atoms with E-state index in [0.717, 1.165) is 12.3 Å². The van der Waals surface area contributed by atoms with Crippen LogP contribution in [-0.4, -0.2) is 13.3 Å². The second kappa shape index (κ2) is 2.43. The van der Waals surface area contributed by atoms with Crippen LogP contribution >= 0.6 is 0 Å². The molecule has 0 spiro atoms. The largest absolute Gasteiger partial charge is 0.505 e. The first-order chi connectivity index (χ1) is 5.02. The van der Waals surface area contributed by atoms with E-state index in [1.165, 1.54) is 7.11 Å². The van der Waals surface area contributed by atoms with Crippen molar-refractivity contribution < 1.29 is 17.9 Å². The standard InChI is InChI=1S/C7H9F3O/c1-11-5-4-6(2-3-6)7(8,9)10/h4-5H,2-3H2,1H3. The Morgan fingerprint density at radius 1 is 1.36 bits per heavy atom. The van der Waals surface area contributed by atoms with Crippen LogP contribution < -0.4 is 0 Å². The first-order valence-electron chi connectivity index (χ1n) is 3.29. The maximum Gasteiger partial charge on any atom is 0.397 e. The monoisotopic (exact) mass is 166 g/mol. The van der Waals surface area contributed by atoms with Gasteiger partial charge in [-0.05, 0) is 18.9 Å². The average Bonchev–Trinajstić information content (AvgIpc) is 2.61. The lowest BCUT2D eigenvalue weighted by Gasteiger charge is -2.13. The van der Waals surface area contributed by atoms with Crippen LogP contribution in [-0.2, 0) is 4.74 Å². The summed E-state index contributed by atoms with van der Waals surface area (Å²) in [5, 5.41) is 0. The summed E-state index contributed by atoms with van der Waals surface area (Å²) in [6.07, 6.45) is -1.54. The molecule has 0 aromatic heterocycles. The van der Waals surface area contributed by atoms with Gasteiger partial charge in [-0.25, -0.2) is 0 Å². The molecule has 1 aliphatic rings. The van der Waals surface area contributed by atoms with Crippen LogP contribution in [0.25, 0.3) is 0 Å². The van der Waals surface area contributed by atoms with Gasteiger partial charge in [0, 0.05) is 0 Å². The van der Waals surface area contributed by atoms with Gasteiger partial charge >= 0.3 is 6.18 Å². The third-order valence-corrected chi connectivity index (χ3v) is 1.88. The predicted molar refractivity (Wildman–Crippen MR) is 33.9 cm³/mol. The Hall–Kier alpha value is -0.670. The Morgan fingerprint density at radius 3 is 2.18 bits per heavy atom. The van der Waals surface area contributed by atoms with E-state index in [4.69, 9.17) is 0 Å². The molecule has 1 fully saturated rings. The maximum atomic E-state index is 12.1. The fourth-order valence-corrected chi connectivity index (χ4v) is 0.878. The number of hydrogen-bond donors (Lipinski definition) is 0. The van der Waals surface area contributed by atoms with Gasteiger partial charge < -0.3 is 4.74 Å². The molecule has 0 radical (unpaired) electrons. The summed E-state index contributed by atoms with van der Waals surface area (Å²) >= 11 is 0. The number of allylic oxidation sites excluding steroid dienone is 1. The lowest BCUT2D eigenvalue weighted by Crippen LogP contribution is -2.22. The number of methoxy groups -OCH3 is 1. The Bertz CT molecular complexity index is 167. The van der Waals surface area contributed by atoms with E-state index in [1.807, 2.05) is 0 Å². The van der Waals surface area contributed by atoms with Crippen molar-refractivity contribution in [2.45, 2.75) is 19.0 Å². The molecular weight excluding hydrogens is 157 g/mol. The van der Waals surface area contributed by atoms with E-state index >= 15 is 0 Å². The molecule has 0 bridgehead atoms. The molecule has 1 rings (SSSR count). The van der Waals surface area contributed by atoms with Gasteiger partial charge in [-0.2, -0.15) is 13.2 Å². The van der Waals surface area contributed by atoms with Gasteiger partial charge in [-0.1, -0.05) is 0 Å². The number of halogens is 3. The molecule has 11 heavy (non-hydrogen) atoms. The SMILES string of the molecule is COC=CC1(C(F)(F)F)CC1. The van der Waals surface area contributed by atoms with E-state index in [2.05, 4.69) is 4.74 Å². The summed E-state index contributed by atoms with van der Waals surface area (Å²) in [6, 6.07) is 0. The molecule has 4 heteroatoms. The minimum Gasteiger partial charge on any atom is -0.505 e. The van der Waals surface area contributed by atoms with Crippen molar-refractivity contribution in [1.29, 1.82) is 0 Å². The highest BCUT2D eigenvalue weighted by molar-refractivity contribution is 5.11. The second-order valence-corrected chi connectivity index (χ2v) is 2.69. The van der Waals surface area contributed by atoms with E-state index in [9.17, 15) is 13.2 Å². The van der Waals surface area contributed by atoms with Crippen LogP contribution in [0.4, 0.5) is 13.2 Å². The van der Waals surface area contributed by atoms with Crippen LogP contribution in [0.3, 0.4) is 0 Å². The topological polar surface area (TPSA) is 9.23 Å². The van der Waals surface area contributed by atoms with Crippen LogP contribution in [0.15, 0.2) is 12.3 Å². The molecule has 0 aromatic rings. The van der Waals surface area contributed by atoms with Crippen molar-refractivity contribution in [3.05, 3.63) is 12.3 Å². The number of alkyl halides is 3. The first kappa shape index (κ1) is 8.43. The molecule has 0 atom stereocenters. The van der Waals surface area contributed by atoms with Crippen molar-refractivity contribution in [2.24, 2.45) is 5.41 Å². The molecular formula is C7H9F3O. The van der Waals surface area contributed by atoms with Crippen LogP contribution in [0, 0.1) is 5.41 Å². The van der Waals surface area contributed by atoms with Gasteiger partial charge in [0.15, 0.2) is 0 Å². The molecule has 0 aromatic carbocycles.